The Hall–Kier alpha value is -1.92. The number of nitrogens with two attached hydrogens (primary N) is 1. The van der Waals surface area contributed by atoms with Crippen LogP contribution in [0.15, 0.2) is 24.3 Å². The van der Waals surface area contributed by atoms with Crippen molar-refractivity contribution in [2.24, 2.45) is 5.73 Å². The van der Waals surface area contributed by atoms with Crippen LogP contribution >= 0.6 is 0 Å². The molecular weight excluding hydrogens is 284 g/mol. The molecule has 0 saturated carbocycles. The summed E-state index contributed by atoms with van der Waals surface area (Å²) in [5, 5.41) is 11.8. The van der Waals surface area contributed by atoms with E-state index in [0.717, 1.165) is 11.1 Å². The zero-order valence-electron chi connectivity index (χ0n) is 13.0. The standard InChI is InChI=1S/C16H24N2O4/c1-3-22-16(21)14(18-11(2)15(19)20)9-8-12-4-6-13(10-17)7-5-12/h4-7,11,14,18H,3,8-10,17H2,1-2H3,(H,19,20)/t11-,14-/m0/s1. The first kappa shape index (κ1) is 18.1. The zero-order chi connectivity index (χ0) is 16.5. The van der Waals surface area contributed by atoms with Gasteiger partial charge in [0.2, 0.25) is 0 Å². The van der Waals surface area contributed by atoms with Gasteiger partial charge in [-0.2, -0.15) is 0 Å². The number of esters is 1. The van der Waals surface area contributed by atoms with Gasteiger partial charge in [-0.3, -0.25) is 14.9 Å². The van der Waals surface area contributed by atoms with E-state index in [1.165, 1.54) is 6.92 Å². The monoisotopic (exact) mass is 308 g/mol. The van der Waals surface area contributed by atoms with E-state index < -0.39 is 24.0 Å². The molecule has 0 fully saturated rings. The lowest BCUT2D eigenvalue weighted by molar-refractivity contribution is -0.147. The minimum atomic E-state index is -0.999. The Balaban J connectivity index is 2.66. The fraction of sp³-hybridized carbons (Fsp3) is 0.500. The normalized spacial score (nSPS) is 13.4. The highest BCUT2D eigenvalue weighted by Gasteiger charge is 2.24. The Morgan fingerprint density at radius 2 is 1.86 bits per heavy atom. The fourth-order valence-electron chi connectivity index (χ4n) is 2.04. The number of rotatable bonds is 9. The van der Waals surface area contributed by atoms with Crippen molar-refractivity contribution < 1.29 is 19.4 Å². The van der Waals surface area contributed by atoms with Crippen molar-refractivity contribution in [3.63, 3.8) is 0 Å². The number of aryl methyl sites for hydroxylation is 1. The number of carbonyl (C=O) groups is 2. The van der Waals surface area contributed by atoms with Gasteiger partial charge in [0.05, 0.1) is 6.61 Å². The van der Waals surface area contributed by atoms with Gasteiger partial charge in [0.15, 0.2) is 0 Å². The van der Waals surface area contributed by atoms with Gasteiger partial charge in [-0.1, -0.05) is 24.3 Å². The molecule has 0 bridgehead atoms. The molecule has 1 aromatic rings. The first-order valence-corrected chi connectivity index (χ1v) is 7.41. The van der Waals surface area contributed by atoms with E-state index in [1.54, 1.807) is 6.92 Å². The number of carboxylic acids is 1. The van der Waals surface area contributed by atoms with Crippen molar-refractivity contribution >= 4 is 11.9 Å². The molecule has 0 unspecified atom stereocenters. The van der Waals surface area contributed by atoms with Crippen molar-refractivity contribution in [1.82, 2.24) is 5.32 Å². The van der Waals surface area contributed by atoms with Gasteiger partial charge in [0.25, 0.3) is 0 Å². The van der Waals surface area contributed by atoms with Crippen molar-refractivity contribution in [1.29, 1.82) is 0 Å². The number of ether oxygens (including phenoxy) is 1. The summed E-state index contributed by atoms with van der Waals surface area (Å²) in [5.41, 5.74) is 7.66. The van der Waals surface area contributed by atoms with E-state index in [-0.39, 0.29) is 6.61 Å². The first-order valence-electron chi connectivity index (χ1n) is 7.41. The van der Waals surface area contributed by atoms with Gasteiger partial charge in [0, 0.05) is 6.54 Å². The summed E-state index contributed by atoms with van der Waals surface area (Å²) in [7, 11) is 0. The molecule has 0 aliphatic carbocycles. The van der Waals surface area contributed by atoms with Crippen LogP contribution in [-0.4, -0.2) is 35.7 Å². The van der Waals surface area contributed by atoms with Gasteiger partial charge in [-0.05, 0) is 37.8 Å². The Labute approximate surface area is 130 Å². The Morgan fingerprint density at radius 1 is 1.27 bits per heavy atom. The van der Waals surface area contributed by atoms with Crippen LogP contribution in [0, 0.1) is 0 Å². The molecule has 0 radical (unpaired) electrons. The van der Waals surface area contributed by atoms with Gasteiger partial charge in [-0.25, -0.2) is 0 Å². The summed E-state index contributed by atoms with van der Waals surface area (Å²) in [6.45, 7) is 3.98. The first-order chi connectivity index (χ1) is 10.5. The second-order valence-corrected chi connectivity index (χ2v) is 5.09. The van der Waals surface area contributed by atoms with Crippen LogP contribution in [-0.2, 0) is 27.3 Å². The lowest BCUT2D eigenvalue weighted by Crippen LogP contribution is -2.46. The molecule has 0 saturated heterocycles. The molecule has 122 valence electrons. The fourth-order valence-corrected chi connectivity index (χ4v) is 2.04. The van der Waals surface area contributed by atoms with Gasteiger partial charge < -0.3 is 15.6 Å². The Morgan fingerprint density at radius 3 is 2.36 bits per heavy atom. The van der Waals surface area contributed by atoms with E-state index in [4.69, 9.17) is 15.6 Å². The van der Waals surface area contributed by atoms with E-state index in [0.29, 0.717) is 19.4 Å². The third-order valence-corrected chi connectivity index (χ3v) is 3.37. The van der Waals surface area contributed by atoms with E-state index in [1.807, 2.05) is 24.3 Å². The van der Waals surface area contributed by atoms with Crippen molar-refractivity contribution in [2.75, 3.05) is 6.61 Å². The molecule has 1 aromatic carbocycles. The Kier molecular flexibility index (Phi) is 7.56. The maximum absolute atomic E-state index is 11.9. The predicted octanol–water partition coefficient (Wildman–Crippen LogP) is 1.07. The summed E-state index contributed by atoms with van der Waals surface area (Å²) in [6.07, 6.45) is 1.12. The lowest BCUT2D eigenvalue weighted by Gasteiger charge is -2.19. The second-order valence-electron chi connectivity index (χ2n) is 5.09. The van der Waals surface area contributed by atoms with Crippen molar-refractivity contribution in [3.8, 4) is 0 Å². The van der Waals surface area contributed by atoms with E-state index in [2.05, 4.69) is 5.32 Å². The van der Waals surface area contributed by atoms with Crippen LogP contribution in [0.25, 0.3) is 0 Å². The van der Waals surface area contributed by atoms with Gasteiger partial charge in [-0.15, -0.1) is 0 Å². The smallest absolute Gasteiger partial charge is 0.323 e. The average Bonchev–Trinajstić information content (AvgIpc) is 2.51. The van der Waals surface area contributed by atoms with E-state index >= 15 is 0 Å². The summed E-state index contributed by atoms with van der Waals surface area (Å²) in [4.78, 5) is 22.9. The molecule has 0 aliphatic rings. The molecule has 0 spiro atoms. The van der Waals surface area contributed by atoms with Crippen molar-refractivity contribution in [2.45, 2.75) is 45.3 Å². The lowest BCUT2D eigenvalue weighted by atomic mass is 10.0. The largest absolute Gasteiger partial charge is 0.480 e. The molecule has 0 heterocycles. The van der Waals surface area contributed by atoms with Crippen LogP contribution in [0.1, 0.15) is 31.4 Å². The summed E-state index contributed by atoms with van der Waals surface area (Å²) in [6, 6.07) is 6.37. The van der Waals surface area contributed by atoms with Crippen LogP contribution in [0.5, 0.6) is 0 Å². The topological polar surface area (TPSA) is 102 Å². The number of carbonyl (C=O) groups excluding carboxylic acids is 1. The van der Waals surface area contributed by atoms with E-state index in [9.17, 15) is 9.59 Å². The highest BCUT2D eigenvalue weighted by atomic mass is 16.5. The molecule has 2 atom stereocenters. The summed E-state index contributed by atoms with van der Waals surface area (Å²) >= 11 is 0. The molecular formula is C16H24N2O4. The molecule has 0 aromatic heterocycles. The molecule has 0 amide bonds. The minimum absolute atomic E-state index is 0.268. The van der Waals surface area contributed by atoms with Crippen LogP contribution in [0.3, 0.4) is 0 Å². The number of nitrogens with one attached hydrogen (secondary N) is 1. The van der Waals surface area contributed by atoms with Crippen LogP contribution in [0.4, 0.5) is 0 Å². The van der Waals surface area contributed by atoms with Crippen molar-refractivity contribution in [3.05, 3.63) is 35.4 Å². The second kappa shape index (κ2) is 9.17. The highest BCUT2D eigenvalue weighted by molar-refractivity contribution is 5.78. The zero-order valence-corrected chi connectivity index (χ0v) is 13.0. The predicted molar refractivity (Wildman–Crippen MR) is 83.3 cm³/mol. The third kappa shape index (κ3) is 5.83. The molecule has 6 nitrogen and oxygen atoms in total. The molecule has 0 aliphatic heterocycles. The Bertz CT molecular complexity index is 487. The third-order valence-electron chi connectivity index (χ3n) is 3.37. The van der Waals surface area contributed by atoms with Crippen LogP contribution in [0.2, 0.25) is 0 Å². The maximum atomic E-state index is 11.9. The highest BCUT2D eigenvalue weighted by Crippen LogP contribution is 2.09. The van der Waals surface area contributed by atoms with Gasteiger partial charge >= 0.3 is 11.9 Å². The summed E-state index contributed by atoms with van der Waals surface area (Å²) < 4.78 is 5.00. The molecule has 1 rings (SSSR count). The number of hydrogen-bond acceptors (Lipinski definition) is 5. The number of aliphatic carboxylic acids is 1. The maximum Gasteiger partial charge on any atom is 0.323 e. The quantitative estimate of drug-likeness (QED) is 0.590. The summed E-state index contributed by atoms with van der Waals surface area (Å²) in [5.74, 6) is -1.42. The van der Waals surface area contributed by atoms with Gasteiger partial charge in [0.1, 0.15) is 12.1 Å². The molecule has 6 heteroatoms. The molecule has 22 heavy (non-hydrogen) atoms. The average molecular weight is 308 g/mol. The number of benzene rings is 1. The van der Waals surface area contributed by atoms with Crippen LogP contribution < -0.4 is 11.1 Å². The molecule has 4 N–H and O–H groups in total. The minimum Gasteiger partial charge on any atom is -0.480 e. The SMILES string of the molecule is CCOC(=O)[C@H](CCc1ccc(CN)cc1)N[C@@H](C)C(=O)O. The number of hydrogen-bond donors (Lipinski definition) is 3. The number of carboxylic acid groups (broad SMARTS) is 1.